The summed E-state index contributed by atoms with van der Waals surface area (Å²) in [6.07, 6.45) is 0. The van der Waals surface area contributed by atoms with E-state index >= 15 is 0 Å². The minimum Gasteiger partial charge on any atom is -0.422 e. The van der Waals surface area contributed by atoms with Gasteiger partial charge >= 0.3 is 15.7 Å². The Morgan fingerprint density at radius 2 is 1.58 bits per heavy atom. The molecule has 0 amide bonds. The van der Waals surface area contributed by atoms with Crippen LogP contribution in [0, 0.1) is 0 Å². The molecule has 0 saturated heterocycles. The molecule has 1 aromatic carbocycles. The first-order valence-electron chi connectivity index (χ1n) is 4.62. The summed E-state index contributed by atoms with van der Waals surface area (Å²) in [5.74, 6) is 0. The van der Waals surface area contributed by atoms with Gasteiger partial charge in [-0.1, -0.05) is 0 Å². The predicted octanol–water partition coefficient (Wildman–Crippen LogP) is 0.286. The highest BCUT2D eigenvalue weighted by Crippen LogP contribution is 2.20. The van der Waals surface area contributed by atoms with Crippen LogP contribution in [0.3, 0.4) is 0 Å². The molecule has 1 heterocycles. The lowest BCUT2D eigenvalue weighted by atomic mass is 10.2. The largest absolute Gasteiger partial charge is 0.422 e. The van der Waals surface area contributed by atoms with E-state index < -0.39 is 35.7 Å². The van der Waals surface area contributed by atoms with Gasteiger partial charge in [0.25, 0.3) is 10.1 Å². The van der Waals surface area contributed by atoms with Crippen LogP contribution < -0.4 is 5.63 Å². The lowest BCUT2D eigenvalue weighted by Gasteiger charge is -2.01. The molecule has 0 spiro atoms. The van der Waals surface area contributed by atoms with E-state index in [0.29, 0.717) is 0 Å². The van der Waals surface area contributed by atoms with Gasteiger partial charge in [-0.2, -0.15) is 16.8 Å². The lowest BCUT2D eigenvalue weighted by molar-refractivity contribution is 0.470. The third-order valence-corrected chi connectivity index (χ3v) is 3.94. The topological polar surface area (TPSA) is 139 Å². The Hall–Kier alpha value is -1.75. The molecular formula is C9H6O8S2. The van der Waals surface area contributed by atoms with Crippen molar-refractivity contribution in [3.8, 4) is 0 Å². The van der Waals surface area contributed by atoms with E-state index in [-0.39, 0.29) is 11.0 Å². The summed E-state index contributed by atoms with van der Waals surface area (Å²) < 4.78 is 65.9. The fourth-order valence-electron chi connectivity index (χ4n) is 1.42. The highest BCUT2D eigenvalue weighted by molar-refractivity contribution is 7.86. The summed E-state index contributed by atoms with van der Waals surface area (Å²) in [6, 6.07) is 3.72. The zero-order valence-electron chi connectivity index (χ0n) is 8.97. The Balaban J connectivity index is 2.87. The van der Waals surface area contributed by atoms with Gasteiger partial charge in [-0.15, -0.1) is 0 Å². The van der Waals surface area contributed by atoms with Gasteiger partial charge in [-0.05, 0) is 24.3 Å². The minimum atomic E-state index is -4.79. The molecule has 8 nitrogen and oxygen atoms in total. The molecule has 0 aliphatic carbocycles. The second kappa shape index (κ2) is 4.13. The number of fused-ring (bicyclic) bond motifs is 1. The monoisotopic (exact) mass is 306 g/mol. The normalized spacial score (nSPS) is 12.7. The third kappa shape index (κ3) is 2.66. The number of hydrogen-bond donors (Lipinski definition) is 2. The average molecular weight is 306 g/mol. The van der Waals surface area contributed by atoms with Crippen molar-refractivity contribution in [2.75, 3.05) is 0 Å². The van der Waals surface area contributed by atoms with Crippen molar-refractivity contribution >= 4 is 31.2 Å². The summed E-state index contributed by atoms with van der Waals surface area (Å²) >= 11 is 0. The molecule has 2 N–H and O–H groups in total. The highest BCUT2D eigenvalue weighted by atomic mass is 32.2. The van der Waals surface area contributed by atoms with Crippen LogP contribution in [0.1, 0.15) is 0 Å². The molecule has 2 rings (SSSR count). The molecule has 0 unspecified atom stereocenters. The van der Waals surface area contributed by atoms with Crippen LogP contribution in [0.25, 0.3) is 11.0 Å². The number of hydrogen-bond acceptors (Lipinski definition) is 6. The predicted molar refractivity (Wildman–Crippen MR) is 62.1 cm³/mol. The van der Waals surface area contributed by atoms with E-state index in [2.05, 4.69) is 4.42 Å². The van der Waals surface area contributed by atoms with E-state index in [1.165, 1.54) is 0 Å². The highest BCUT2D eigenvalue weighted by Gasteiger charge is 2.18. The first kappa shape index (κ1) is 13.7. The molecule has 10 heteroatoms. The molecule has 0 aliphatic rings. The maximum absolute atomic E-state index is 11.3. The van der Waals surface area contributed by atoms with E-state index in [4.69, 9.17) is 9.11 Å². The Kier molecular flexibility index (Phi) is 2.97. The Morgan fingerprint density at radius 3 is 2.11 bits per heavy atom. The van der Waals surface area contributed by atoms with Crippen LogP contribution >= 0.6 is 0 Å². The molecule has 0 fully saturated rings. The Morgan fingerprint density at radius 1 is 0.947 bits per heavy atom. The zero-order chi connectivity index (χ0) is 14.4. The third-order valence-electron chi connectivity index (χ3n) is 2.25. The molecular weight excluding hydrogens is 300 g/mol. The van der Waals surface area contributed by atoms with E-state index in [9.17, 15) is 21.6 Å². The van der Waals surface area contributed by atoms with Crippen molar-refractivity contribution in [2.45, 2.75) is 9.79 Å². The molecule has 0 atom stereocenters. The summed E-state index contributed by atoms with van der Waals surface area (Å²) in [7, 11) is -9.28. The molecule has 2 aromatic rings. The molecule has 0 aliphatic heterocycles. The fourth-order valence-corrected chi connectivity index (χ4v) is 2.47. The van der Waals surface area contributed by atoms with Crippen LogP contribution in [0.15, 0.2) is 43.3 Å². The lowest BCUT2D eigenvalue weighted by Crippen LogP contribution is -2.13. The van der Waals surface area contributed by atoms with E-state index in [1.54, 1.807) is 0 Å². The van der Waals surface area contributed by atoms with Crippen LogP contribution in [-0.4, -0.2) is 25.9 Å². The molecule has 19 heavy (non-hydrogen) atoms. The maximum Gasteiger partial charge on any atom is 0.357 e. The molecule has 1 aromatic heterocycles. The smallest absolute Gasteiger partial charge is 0.357 e. The van der Waals surface area contributed by atoms with Crippen molar-refractivity contribution < 1.29 is 30.4 Å². The van der Waals surface area contributed by atoms with Crippen molar-refractivity contribution in [1.82, 2.24) is 0 Å². The van der Waals surface area contributed by atoms with Gasteiger partial charge in [0.15, 0.2) is 4.90 Å². The molecule has 0 radical (unpaired) electrons. The molecule has 0 saturated carbocycles. The number of benzene rings is 1. The fraction of sp³-hybridized carbons (Fsp3) is 0. The zero-order valence-corrected chi connectivity index (χ0v) is 10.6. The maximum atomic E-state index is 11.3. The van der Waals surface area contributed by atoms with Gasteiger partial charge < -0.3 is 4.42 Å². The second-order valence-electron chi connectivity index (χ2n) is 3.55. The molecule has 0 bridgehead atoms. The average Bonchev–Trinajstić information content (AvgIpc) is 2.24. The van der Waals surface area contributed by atoms with Crippen LogP contribution in [0.5, 0.6) is 0 Å². The van der Waals surface area contributed by atoms with Crippen molar-refractivity contribution in [3.63, 3.8) is 0 Å². The van der Waals surface area contributed by atoms with Crippen LogP contribution in [0.2, 0.25) is 0 Å². The van der Waals surface area contributed by atoms with Gasteiger partial charge in [0.1, 0.15) is 5.58 Å². The summed E-state index contributed by atoms with van der Waals surface area (Å²) in [5.41, 5.74) is -1.38. The summed E-state index contributed by atoms with van der Waals surface area (Å²) in [6.45, 7) is 0. The summed E-state index contributed by atoms with van der Waals surface area (Å²) in [5, 5.41) is -0.0812. The van der Waals surface area contributed by atoms with E-state index in [1.807, 2.05) is 0 Å². The Bertz CT molecular complexity index is 920. The SMILES string of the molecule is O=c1oc2ccc(S(=O)(=O)O)cc2cc1S(=O)(=O)O. The van der Waals surface area contributed by atoms with Crippen molar-refractivity contribution in [2.24, 2.45) is 0 Å². The minimum absolute atomic E-state index is 0.0812. The number of rotatable bonds is 2. The standard InChI is InChI=1S/C9H6O8S2/c10-9-8(19(14,15)16)4-5-3-6(18(11,12)13)1-2-7(5)17-9/h1-4H,(H,11,12,13)(H,14,15,16). The van der Waals surface area contributed by atoms with Crippen LogP contribution in [-0.2, 0) is 20.2 Å². The van der Waals surface area contributed by atoms with Gasteiger partial charge in [0.05, 0.1) is 4.90 Å². The van der Waals surface area contributed by atoms with E-state index in [0.717, 1.165) is 24.3 Å². The van der Waals surface area contributed by atoms with Crippen molar-refractivity contribution in [3.05, 3.63) is 34.7 Å². The Labute approximate surface area is 106 Å². The van der Waals surface area contributed by atoms with Gasteiger partial charge in [0, 0.05) is 5.39 Å². The second-order valence-corrected chi connectivity index (χ2v) is 6.36. The molecule has 102 valence electrons. The van der Waals surface area contributed by atoms with Gasteiger partial charge in [-0.3, -0.25) is 9.11 Å². The van der Waals surface area contributed by atoms with Crippen molar-refractivity contribution in [1.29, 1.82) is 0 Å². The van der Waals surface area contributed by atoms with Gasteiger partial charge in [0.2, 0.25) is 0 Å². The van der Waals surface area contributed by atoms with Gasteiger partial charge in [-0.25, -0.2) is 4.79 Å². The first-order chi connectivity index (χ1) is 8.59. The van der Waals surface area contributed by atoms with Crippen LogP contribution in [0.4, 0.5) is 0 Å². The summed E-state index contributed by atoms with van der Waals surface area (Å²) in [4.78, 5) is 9.76. The first-order valence-corrected chi connectivity index (χ1v) is 7.50. The quantitative estimate of drug-likeness (QED) is 0.596.